The van der Waals surface area contributed by atoms with Gasteiger partial charge in [-0.2, -0.15) is 0 Å². The highest BCUT2D eigenvalue weighted by molar-refractivity contribution is 7.99. The van der Waals surface area contributed by atoms with Gasteiger partial charge in [0, 0.05) is 28.9 Å². The van der Waals surface area contributed by atoms with Crippen molar-refractivity contribution in [3.05, 3.63) is 42.0 Å². The van der Waals surface area contributed by atoms with Gasteiger partial charge in [0.2, 0.25) is 0 Å². The van der Waals surface area contributed by atoms with Crippen molar-refractivity contribution < 1.29 is 19.1 Å². The van der Waals surface area contributed by atoms with Crippen molar-refractivity contribution >= 4 is 40.9 Å². The first-order chi connectivity index (χ1) is 15.7. The number of carbonyl (C=O) groups is 2. The van der Waals surface area contributed by atoms with Gasteiger partial charge in [0.25, 0.3) is 0 Å². The van der Waals surface area contributed by atoms with Crippen LogP contribution in [0.4, 0.5) is 21.9 Å². The molecule has 2 aromatic carbocycles. The number of rotatable bonds is 4. The van der Waals surface area contributed by atoms with Crippen molar-refractivity contribution in [2.75, 3.05) is 30.3 Å². The monoisotopic (exact) mass is 469 g/mol. The molecule has 8 heteroatoms. The van der Waals surface area contributed by atoms with Crippen LogP contribution in [0.3, 0.4) is 0 Å². The quantitative estimate of drug-likeness (QED) is 0.462. The fourth-order valence-corrected chi connectivity index (χ4v) is 5.00. The molecule has 0 bridgehead atoms. The largest absolute Gasteiger partial charge is 0.462 e. The van der Waals surface area contributed by atoms with Gasteiger partial charge in [0.15, 0.2) is 0 Å². The van der Waals surface area contributed by atoms with Crippen LogP contribution in [0.15, 0.2) is 46.2 Å². The number of piperidine rings is 1. The highest BCUT2D eigenvalue weighted by Crippen LogP contribution is 2.48. The predicted octanol–water partition coefficient (Wildman–Crippen LogP) is 5.88. The molecule has 2 N–H and O–H groups in total. The van der Waals surface area contributed by atoms with E-state index in [0.29, 0.717) is 25.3 Å². The maximum atomic E-state index is 12.5. The summed E-state index contributed by atoms with van der Waals surface area (Å²) in [4.78, 5) is 28.8. The van der Waals surface area contributed by atoms with Gasteiger partial charge < -0.3 is 25.0 Å². The predicted molar refractivity (Wildman–Crippen MR) is 131 cm³/mol. The lowest BCUT2D eigenvalue weighted by Crippen LogP contribution is -2.44. The average molecular weight is 470 g/mol. The van der Waals surface area contributed by atoms with E-state index < -0.39 is 5.60 Å². The molecule has 4 rings (SSSR count). The molecule has 176 valence electrons. The molecule has 0 saturated carbocycles. The minimum absolute atomic E-state index is 0.175. The van der Waals surface area contributed by atoms with Crippen LogP contribution in [-0.2, 0) is 9.47 Å². The molecule has 2 aliphatic rings. The number of amides is 1. The Balaban J connectivity index is 1.52. The zero-order valence-corrected chi connectivity index (χ0v) is 20.4. The van der Waals surface area contributed by atoms with Crippen LogP contribution in [0.5, 0.6) is 0 Å². The number of ether oxygens (including phenoxy) is 2. The SMILES string of the molecule is CCOC(=O)c1cc(NC2CCN(C(=O)OC(C)(C)C)CC2)c2c(c1)Sc1ccccc1N2. The van der Waals surface area contributed by atoms with Crippen LogP contribution >= 0.6 is 11.8 Å². The maximum Gasteiger partial charge on any atom is 0.410 e. The Labute approximate surface area is 199 Å². The topological polar surface area (TPSA) is 79.9 Å². The van der Waals surface area contributed by atoms with Crippen LogP contribution in [0.25, 0.3) is 0 Å². The summed E-state index contributed by atoms with van der Waals surface area (Å²) in [6.45, 7) is 9.01. The Morgan fingerprint density at radius 1 is 1.15 bits per heavy atom. The van der Waals surface area contributed by atoms with Crippen LogP contribution in [0.2, 0.25) is 0 Å². The Bertz CT molecular complexity index is 1040. The van der Waals surface area contributed by atoms with E-state index in [2.05, 4.69) is 16.7 Å². The van der Waals surface area contributed by atoms with Gasteiger partial charge in [-0.15, -0.1) is 0 Å². The van der Waals surface area contributed by atoms with E-state index in [1.54, 1.807) is 23.6 Å². The number of esters is 1. The third kappa shape index (κ3) is 5.55. The summed E-state index contributed by atoms with van der Waals surface area (Å²) in [5, 5.41) is 7.15. The van der Waals surface area contributed by atoms with E-state index >= 15 is 0 Å². The van der Waals surface area contributed by atoms with Crippen LogP contribution in [0, 0.1) is 0 Å². The fourth-order valence-electron chi connectivity index (χ4n) is 3.94. The third-order valence-corrected chi connectivity index (χ3v) is 6.60. The third-order valence-electron chi connectivity index (χ3n) is 5.49. The highest BCUT2D eigenvalue weighted by atomic mass is 32.2. The van der Waals surface area contributed by atoms with E-state index in [4.69, 9.17) is 9.47 Å². The summed E-state index contributed by atoms with van der Waals surface area (Å²) >= 11 is 1.64. The molecule has 0 radical (unpaired) electrons. The van der Waals surface area contributed by atoms with Gasteiger partial charge in [0.05, 0.1) is 29.2 Å². The molecule has 7 nitrogen and oxygen atoms in total. The molecule has 0 aliphatic carbocycles. The number of carbonyl (C=O) groups excluding carboxylic acids is 2. The molecule has 1 amide bonds. The first kappa shape index (κ1) is 23.3. The molecule has 1 saturated heterocycles. The zero-order chi connectivity index (χ0) is 23.6. The van der Waals surface area contributed by atoms with Gasteiger partial charge in [0.1, 0.15) is 5.60 Å². The molecule has 0 atom stereocenters. The number of likely N-dealkylation sites (tertiary alicyclic amines) is 1. The van der Waals surface area contributed by atoms with Crippen LogP contribution in [-0.4, -0.2) is 48.3 Å². The van der Waals surface area contributed by atoms with Gasteiger partial charge in [-0.25, -0.2) is 9.59 Å². The molecular formula is C25H31N3O4S. The normalized spacial score (nSPS) is 15.7. The summed E-state index contributed by atoms with van der Waals surface area (Å²) in [5.41, 5.74) is 2.90. The van der Waals surface area contributed by atoms with Crippen molar-refractivity contribution in [1.29, 1.82) is 0 Å². The van der Waals surface area contributed by atoms with E-state index in [1.165, 1.54) is 0 Å². The lowest BCUT2D eigenvalue weighted by atomic mass is 10.0. The minimum atomic E-state index is -0.502. The van der Waals surface area contributed by atoms with Gasteiger partial charge in [-0.05, 0) is 64.8 Å². The van der Waals surface area contributed by atoms with E-state index in [0.717, 1.165) is 39.7 Å². The smallest absolute Gasteiger partial charge is 0.410 e. The van der Waals surface area contributed by atoms with Crippen LogP contribution < -0.4 is 10.6 Å². The Kier molecular flexibility index (Phi) is 6.74. The van der Waals surface area contributed by atoms with Crippen molar-refractivity contribution in [2.24, 2.45) is 0 Å². The summed E-state index contributed by atoms with van der Waals surface area (Å²) in [6.07, 6.45) is 1.32. The number of anilines is 3. The number of nitrogens with one attached hydrogen (secondary N) is 2. The summed E-state index contributed by atoms with van der Waals surface area (Å²) in [7, 11) is 0. The Morgan fingerprint density at radius 2 is 1.88 bits per heavy atom. The molecule has 0 spiro atoms. The van der Waals surface area contributed by atoms with Crippen molar-refractivity contribution in [3.8, 4) is 0 Å². The lowest BCUT2D eigenvalue weighted by molar-refractivity contribution is 0.0210. The van der Waals surface area contributed by atoms with Gasteiger partial charge >= 0.3 is 12.1 Å². The number of para-hydroxylation sites is 1. The number of hydrogen-bond acceptors (Lipinski definition) is 7. The van der Waals surface area contributed by atoms with Crippen LogP contribution in [0.1, 0.15) is 50.9 Å². The molecule has 33 heavy (non-hydrogen) atoms. The van der Waals surface area contributed by atoms with Crippen molar-refractivity contribution in [1.82, 2.24) is 4.90 Å². The molecular weight excluding hydrogens is 438 g/mol. The molecule has 2 aromatic rings. The average Bonchev–Trinajstić information content (AvgIpc) is 2.77. The van der Waals surface area contributed by atoms with E-state index in [1.807, 2.05) is 51.1 Å². The van der Waals surface area contributed by atoms with Gasteiger partial charge in [-0.1, -0.05) is 23.9 Å². The highest BCUT2D eigenvalue weighted by Gasteiger charge is 2.28. The minimum Gasteiger partial charge on any atom is -0.462 e. The standard InChI is InChI=1S/C25H31N3O4S/c1-5-31-23(29)16-14-19(22-21(15-16)33-20-9-7-6-8-18(20)27-22)26-17-10-12-28(13-11-17)24(30)32-25(2,3)4/h6-9,14-15,17,26-27H,5,10-13H2,1-4H3. The Hall–Kier alpha value is -2.87. The van der Waals surface area contributed by atoms with Crippen molar-refractivity contribution in [3.63, 3.8) is 0 Å². The molecule has 0 unspecified atom stereocenters. The summed E-state index contributed by atoms with van der Waals surface area (Å²) in [6, 6.07) is 12.0. The molecule has 2 heterocycles. The number of fused-ring (bicyclic) bond motifs is 2. The maximum absolute atomic E-state index is 12.5. The number of nitrogens with zero attached hydrogens (tertiary/aromatic N) is 1. The second-order valence-corrected chi connectivity index (χ2v) is 10.3. The second-order valence-electron chi connectivity index (χ2n) is 9.23. The first-order valence-corrected chi connectivity index (χ1v) is 12.2. The summed E-state index contributed by atoms with van der Waals surface area (Å²) in [5.74, 6) is -0.331. The molecule has 2 aliphatic heterocycles. The first-order valence-electron chi connectivity index (χ1n) is 11.4. The number of hydrogen-bond donors (Lipinski definition) is 2. The van der Waals surface area contributed by atoms with E-state index in [9.17, 15) is 9.59 Å². The van der Waals surface area contributed by atoms with Crippen molar-refractivity contribution in [2.45, 2.75) is 62.0 Å². The van der Waals surface area contributed by atoms with E-state index in [-0.39, 0.29) is 18.1 Å². The molecule has 0 aromatic heterocycles. The lowest BCUT2D eigenvalue weighted by Gasteiger charge is -2.35. The second kappa shape index (κ2) is 9.55. The van der Waals surface area contributed by atoms with Gasteiger partial charge in [-0.3, -0.25) is 0 Å². The fraction of sp³-hybridized carbons (Fsp3) is 0.440. The number of benzene rings is 2. The summed E-state index contributed by atoms with van der Waals surface area (Å²) < 4.78 is 10.8. The molecule has 1 fully saturated rings. The zero-order valence-electron chi connectivity index (χ0n) is 19.6. The Morgan fingerprint density at radius 3 is 2.58 bits per heavy atom.